The van der Waals surface area contributed by atoms with Crippen LogP contribution in [-0.2, 0) is 6.42 Å². The SMILES string of the molecule is COc1cccc(C(O)CCCCc2ccccc2)c1. The van der Waals surface area contributed by atoms with Gasteiger partial charge in [0.2, 0.25) is 0 Å². The second kappa shape index (κ2) is 7.71. The molecule has 2 rings (SSSR count). The summed E-state index contributed by atoms with van der Waals surface area (Å²) in [6.45, 7) is 0. The third-order valence-electron chi connectivity index (χ3n) is 3.51. The van der Waals surface area contributed by atoms with E-state index < -0.39 is 6.10 Å². The summed E-state index contributed by atoms with van der Waals surface area (Å²) in [6.07, 6.45) is 3.59. The molecule has 0 fully saturated rings. The van der Waals surface area contributed by atoms with E-state index in [9.17, 15) is 5.11 Å². The van der Waals surface area contributed by atoms with E-state index in [1.807, 2.05) is 30.3 Å². The lowest BCUT2D eigenvalue weighted by molar-refractivity contribution is 0.163. The van der Waals surface area contributed by atoms with Crippen LogP contribution >= 0.6 is 0 Å². The zero-order chi connectivity index (χ0) is 14.2. The molecule has 0 saturated carbocycles. The van der Waals surface area contributed by atoms with Crippen LogP contribution in [0.3, 0.4) is 0 Å². The predicted molar refractivity (Wildman–Crippen MR) is 82.0 cm³/mol. The van der Waals surface area contributed by atoms with E-state index >= 15 is 0 Å². The fourth-order valence-corrected chi connectivity index (χ4v) is 2.33. The molecule has 2 heteroatoms. The fourth-order valence-electron chi connectivity index (χ4n) is 2.33. The average molecular weight is 270 g/mol. The highest BCUT2D eigenvalue weighted by molar-refractivity contribution is 5.29. The van der Waals surface area contributed by atoms with Crippen LogP contribution in [0.2, 0.25) is 0 Å². The molecular weight excluding hydrogens is 248 g/mol. The lowest BCUT2D eigenvalue weighted by atomic mass is 10.0. The molecule has 0 amide bonds. The number of aliphatic hydroxyl groups is 1. The standard InChI is InChI=1S/C18H22O2/c1-20-17-12-7-11-16(14-17)18(19)13-6-5-10-15-8-3-2-4-9-15/h2-4,7-9,11-12,14,18-19H,5-6,10,13H2,1H3. The van der Waals surface area contributed by atoms with Gasteiger partial charge in [0.15, 0.2) is 0 Å². The minimum absolute atomic E-state index is 0.402. The second-order valence-electron chi connectivity index (χ2n) is 5.02. The Labute approximate surface area is 121 Å². The first-order valence-electron chi connectivity index (χ1n) is 7.15. The largest absolute Gasteiger partial charge is 0.497 e. The molecule has 0 aliphatic heterocycles. The number of rotatable bonds is 7. The smallest absolute Gasteiger partial charge is 0.119 e. The molecule has 0 radical (unpaired) electrons. The number of methoxy groups -OCH3 is 1. The molecule has 1 atom stereocenters. The first-order valence-corrected chi connectivity index (χ1v) is 7.15. The molecule has 0 spiro atoms. The van der Waals surface area contributed by atoms with Crippen LogP contribution in [0.1, 0.15) is 36.5 Å². The minimum atomic E-state index is -0.402. The van der Waals surface area contributed by atoms with Crippen molar-refractivity contribution >= 4 is 0 Å². The minimum Gasteiger partial charge on any atom is -0.497 e. The van der Waals surface area contributed by atoms with Gasteiger partial charge in [0.05, 0.1) is 13.2 Å². The van der Waals surface area contributed by atoms with Gasteiger partial charge in [-0.05, 0) is 42.5 Å². The Hall–Kier alpha value is -1.80. The Morgan fingerprint density at radius 2 is 1.80 bits per heavy atom. The van der Waals surface area contributed by atoms with E-state index in [1.165, 1.54) is 5.56 Å². The average Bonchev–Trinajstić information content (AvgIpc) is 2.52. The van der Waals surface area contributed by atoms with Crippen molar-refractivity contribution in [3.05, 3.63) is 65.7 Å². The van der Waals surface area contributed by atoms with Crippen molar-refractivity contribution in [2.45, 2.75) is 31.8 Å². The highest BCUT2D eigenvalue weighted by Crippen LogP contribution is 2.23. The van der Waals surface area contributed by atoms with Gasteiger partial charge in [0.1, 0.15) is 5.75 Å². The van der Waals surface area contributed by atoms with Crippen molar-refractivity contribution in [2.75, 3.05) is 7.11 Å². The third-order valence-corrected chi connectivity index (χ3v) is 3.51. The van der Waals surface area contributed by atoms with E-state index in [0.717, 1.165) is 37.0 Å². The lowest BCUT2D eigenvalue weighted by Crippen LogP contribution is -1.98. The number of aryl methyl sites for hydroxylation is 1. The molecule has 1 N–H and O–H groups in total. The van der Waals surface area contributed by atoms with Gasteiger partial charge in [0.25, 0.3) is 0 Å². The van der Waals surface area contributed by atoms with Gasteiger partial charge in [-0.15, -0.1) is 0 Å². The fraction of sp³-hybridized carbons (Fsp3) is 0.333. The van der Waals surface area contributed by atoms with Gasteiger partial charge >= 0.3 is 0 Å². The molecule has 2 aromatic carbocycles. The maximum Gasteiger partial charge on any atom is 0.119 e. The van der Waals surface area contributed by atoms with Crippen molar-refractivity contribution < 1.29 is 9.84 Å². The Morgan fingerprint density at radius 3 is 2.55 bits per heavy atom. The Bertz CT molecular complexity index is 508. The summed E-state index contributed by atoms with van der Waals surface area (Å²) in [7, 11) is 1.64. The number of hydrogen-bond acceptors (Lipinski definition) is 2. The summed E-state index contributed by atoms with van der Waals surface area (Å²) < 4.78 is 5.18. The van der Waals surface area contributed by atoms with E-state index in [2.05, 4.69) is 24.3 Å². The van der Waals surface area contributed by atoms with Crippen molar-refractivity contribution in [3.63, 3.8) is 0 Å². The molecule has 0 aromatic heterocycles. The first-order chi connectivity index (χ1) is 9.79. The Balaban J connectivity index is 1.76. The van der Waals surface area contributed by atoms with Gasteiger partial charge in [-0.2, -0.15) is 0 Å². The summed E-state index contributed by atoms with van der Waals surface area (Å²) in [5, 5.41) is 10.2. The molecule has 1 unspecified atom stereocenters. The molecule has 0 bridgehead atoms. The molecule has 2 aromatic rings. The van der Waals surface area contributed by atoms with Crippen LogP contribution < -0.4 is 4.74 Å². The molecule has 2 nitrogen and oxygen atoms in total. The summed E-state index contributed by atoms with van der Waals surface area (Å²) in [5.74, 6) is 0.797. The number of aliphatic hydroxyl groups excluding tert-OH is 1. The number of ether oxygens (including phenoxy) is 1. The lowest BCUT2D eigenvalue weighted by Gasteiger charge is -2.12. The monoisotopic (exact) mass is 270 g/mol. The maximum absolute atomic E-state index is 10.2. The summed E-state index contributed by atoms with van der Waals surface area (Å²) in [5.41, 5.74) is 2.30. The van der Waals surface area contributed by atoms with Crippen molar-refractivity contribution in [2.24, 2.45) is 0 Å². The van der Waals surface area contributed by atoms with Gasteiger partial charge in [-0.25, -0.2) is 0 Å². The van der Waals surface area contributed by atoms with Crippen LogP contribution in [0.25, 0.3) is 0 Å². The molecule has 20 heavy (non-hydrogen) atoms. The number of hydrogen-bond donors (Lipinski definition) is 1. The molecule has 106 valence electrons. The quantitative estimate of drug-likeness (QED) is 0.766. The van der Waals surface area contributed by atoms with Crippen LogP contribution in [0, 0.1) is 0 Å². The molecule has 0 heterocycles. The van der Waals surface area contributed by atoms with Crippen LogP contribution in [-0.4, -0.2) is 12.2 Å². The third kappa shape index (κ3) is 4.39. The van der Waals surface area contributed by atoms with Crippen molar-refractivity contribution in [3.8, 4) is 5.75 Å². The summed E-state index contributed by atoms with van der Waals surface area (Å²) in [6, 6.07) is 18.1. The molecular formula is C18H22O2. The zero-order valence-electron chi connectivity index (χ0n) is 12.0. The summed E-state index contributed by atoms with van der Waals surface area (Å²) >= 11 is 0. The van der Waals surface area contributed by atoms with E-state index in [4.69, 9.17) is 4.74 Å². The van der Waals surface area contributed by atoms with Gasteiger partial charge in [-0.3, -0.25) is 0 Å². The Kier molecular flexibility index (Phi) is 5.63. The highest BCUT2D eigenvalue weighted by atomic mass is 16.5. The first kappa shape index (κ1) is 14.6. The predicted octanol–water partition coefficient (Wildman–Crippen LogP) is 4.14. The van der Waals surface area contributed by atoms with Crippen molar-refractivity contribution in [1.29, 1.82) is 0 Å². The van der Waals surface area contributed by atoms with Gasteiger partial charge in [-0.1, -0.05) is 48.9 Å². The van der Waals surface area contributed by atoms with Gasteiger partial charge < -0.3 is 9.84 Å². The maximum atomic E-state index is 10.2. The van der Waals surface area contributed by atoms with E-state index in [-0.39, 0.29) is 0 Å². The molecule has 0 saturated heterocycles. The normalized spacial score (nSPS) is 12.1. The van der Waals surface area contributed by atoms with Crippen LogP contribution in [0.4, 0.5) is 0 Å². The number of benzene rings is 2. The zero-order valence-corrected chi connectivity index (χ0v) is 12.0. The highest BCUT2D eigenvalue weighted by Gasteiger charge is 2.08. The topological polar surface area (TPSA) is 29.5 Å². The second-order valence-corrected chi connectivity index (χ2v) is 5.02. The summed E-state index contributed by atoms with van der Waals surface area (Å²) in [4.78, 5) is 0. The van der Waals surface area contributed by atoms with Gasteiger partial charge in [0, 0.05) is 0 Å². The molecule has 0 aliphatic carbocycles. The van der Waals surface area contributed by atoms with E-state index in [1.54, 1.807) is 7.11 Å². The molecule has 0 aliphatic rings. The Morgan fingerprint density at radius 1 is 1.00 bits per heavy atom. The van der Waals surface area contributed by atoms with Crippen LogP contribution in [0.15, 0.2) is 54.6 Å². The van der Waals surface area contributed by atoms with E-state index in [0.29, 0.717) is 0 Å². The van der Waals surface area contributed by atoms with Crippen LogP contribution in [0.5, 0.6) is 5.75 Å². The number of unbranched alkanes of at least 4 members (excludes halogenated alkanes) is 1. The van der Waals surface area contributed by atoms with Crippen molar-refractivity contribution in [1.82, 2.24) is 0 Å².